The number of rotatable bonds is 2. The van der Waals surface area contributed by atoms with Gasteiger partial charge in [-0.2, -0.15) is 0 Å². The van der Waals surface area contributed by atoms with E-state index >= 15 is 0 Å². The maximum atomic E-state index is 13.4. The summed E-state index contributed by atoms with van der Waals surface area (Å²) in [7, 11) is 0. The molecule has 0 saturated carbocycles. The largest absolute Gasteiger partial charge is 0.479 e. The third kappa shape index (κ3) is 3.24. The molecule has 0 bridgehead atoms. The number of hydrogen-bond acceptors (Lipinski definition) is 3. The number of carboxylic acids is 1. The highest BCUT2D eigenvalue weighted by Crippen LogP contribution is 2.20. The second-order valence-corrected chi connectivity index (χ2v) is 4.30. The molecule has 0 spiro atoms. The van der Waals surface area contributed by atoms with Gasteiger partial charge in [-0.25, -0.2) is 22.8 Å². The van der Waals surface area contributed by atoms with Crippen molar-refractivity contribution in [3.63, 3.8) is 0 Å². The molecule has 6 nitrogen and oxygen atoms in total. The lowest BCUT2D eigenvalue weighted by Gasteiger charge is -2.30. The van der Waals surface area contributed by atoms with Crippen LogP contribution in [0.15, 0.2) is 12.1 Å². The summed E-state index contributed by atoms with van der Waals surface area (Å²) in [6.45, 7) is -0.127. The molecule has 1 unspecified atom stereocenters. The number of morpholine rings is 1. The average molecular weight is 304 g/mol. The van der Waals surface area contributed by atoms with Crippen molar-refractivity contribution in [1.82, 2.24) is 4.90 Å². The Bertz CT molecular complexity index is 582. The topological polar surface area (TPSA) is 78.9 Å². The zero-order chi connectivity index (χ0) is 15.6. The molecule has 1 aromatic rings. The van der Waals surface area contributed by atoms with Crippen LogP contribution in [0.5, 0.6) is 0 Å². The first-order chi connectivity index (χ1) is 9.90. The van der Waals surface area contributed by atoms with Crippen molar-refractivity contribution in [2.75, 3.05) is 25.0 Å². The summed E-state index contributed by atoms with van der Waals surface area (Å²) in [5.74, 6) is -5.82. The van der Waals surface area contributed by atoms with E-state index in [0.29, 0.717) is 6.07 Å². The fourth-order valence-electron chi connectivity index (χ4n) is 1.80. The van der Waals surface area contributed by atoms with Crippen LogP contribution in [0.25, 0.3) is 0 Å². The number of benzene rings is 1. The number of hydrogen-bond donors (Lipinski definition) is 2. The number of nitrogens with one attached hydrogen (secondary N) is 1. The number of carbonyl (C=O) groups is 2. The predicted molar refractivity (Wildman–Crippen MR) is 64.3 cm³/mol. The van der Waals surface area contributed by atoms with Gasteiger partial charge < -0.3 is 20.1 Å². The highest BCUT2D eigenvalue weighted by molar-refractivity contribution is 5.90. The molecule has 21 heavy (non-hydrogen) atoms. The van der Waals surface area contributed by atoms with Crippen LogP contribution in [0.3, 0.4) is 0 Å². The fraction of sp³-hybridized carbons (Fsp3) is 0.333. The minimum atomic E-state index is -1.70. The molecular weight excluding hydrogens is 293 g/mol. The minimum Gasteiger partial charge on any atom is -0.479 e. The van der Waals surface area contributed by atoms with Crippen molar-refractivity contribution in [2.45, 2.75) is 6.10 Å². The summed E-state index contributed by atoms with van der Waals surface area (Å²) in [6.07, 6.45) is -1.18. The molecule has 2 amide bonds. The lowest BCUT2D eigenvalue weighted by atomic mass is 10.2. The van der Waals surface area contributed by atoms with Gasteiger partial charge in [0.05, 0.1) is 18.8 Å². The van der Waals surface area contributed by atoms with Crippen LogP contribution >= 0.6 is 0 Å². The molecule has 0 aromatic heterocycles. The number of amides is 2. The van der Waals surface area contributed by atoms with Gasteiger partial charge in [0.1, 0.15) is 0 Å². The zero-order valence-electron chi connectivity index (χ0n) is 10.6. The highest BCUT2D eigenvalue weighted by Gasteiger charge is 2.29. The van der Waals surface area contributed by atoms with Gasteiger partial charge in [0.25, 0.3) is 0 Å². The van der Waals surface area contributed by atoms with Gasteiger partial charge in [0, 0.05) is 6.54 Å². The van der Waals surface area contributed by atoms with Gasteiger partial charge in [-0.1, -0.05) is 0 Å². The number of carbonyl (C=O) groups excluding carboxylic acids is 1. The number of anilines is 1. The zero-order valence-corrected chi connectivity index (χ0v) is 10.6. The van der Waals surface area contributed by atoms with Crippen molar-refractivity contribution in [3.05, 3.63) is 29.6 Å². The van der Waals surface area contributed by atoms with Crippen LogP contribution in [0.2, 0.25) is 0 Å². The molecule has 9 heteroatoms. The molecule has 1 fully saturated rings. The molecule has 1 aliphatic rings. The Morgan fingerprint density at radius 1 is 1.29 bits per heavy atom. The minimum absolute atomic E-state index is 0.00461. The van der Waals surface area contributed by atoms with Crippen LogP contribution in [-0.4, -0.2) is 47.8 Å². The van der Waals surface area contributed by atoms with Crippen molar-refractivity contribution >= 4 is 17.7 Å². The Morgan fingerprint density at radius 3 is 2.67 bits per heavy atom. The molecule has 0 aliphatic carbocycles. The fourth-order valence-corrected chi connectivity index (χ4v) is 1.80. The third-order valence-electron chi connectivity index (χ3n) is 2.91. The van der Waals surface area contributed by atoms with Crippen LogP contribution < -0.4 is 5.32 Å². The van der Waals surface area contributed by atoms with Crippen molar-refractivity contribution in [2.24, 2.45) is 0 Å². The normalized spacial score (nSPS) is 18.4. The molecule has 1 heterocycles. The third-order valence-corrected chi connectivity index (χ3v) is 2.91. The van der Waals surface area contributed by atoms with E-state index in [2.05, 4.69) is 5.32 Å². The van der Waals surface area contributed by atoms with Gasteiger partial charge in [-0.15, -0.1) is 0 Å². The Hall–Kier alpha value is -2.29. The van der Waals surface area contributed by atoms with Gasteiger partial charge in [0.15, 0.2) is 23.6 Å². The number of nitrogens with zero attached hydrogens (tertiary/aromatic N) is 1. The Balaban J connectivity index is 2.08. The maximum Gasteiger partial charge on any atom is 0.334 e. The van der Waals surface area contributed by atoms with E-state index in [9.17, 15) is 22.8 Å². The average Bonchev–Trinajstić information content (AvgIpc) is 2.48. The highest BCUT2D eigenvalue weighted by atomic mass is 19.2. The first kappa shape index (κ1) is 15.1. The van der Waals surface area contributed by atoms with E-state index in [-0.39, 0.29) is 19.7 Å². The quantitative estimate of drug-likeness (QED) is 0.810. The number of carboxylic acid groups (broad SMARTS) is 1. The predicted octanol–water partition coefficient (Wildman–Crippen LogP) is 1.42. The van der Waals surface area contributed by atoms with Crippen LogP contribution in [0.4, 0.5) is 23.7 Å². The number of halogens is 3. The number of urea groups is 1. The molecule has 2 rings (SSSR count). The van der Waals surface area contributed by atoms with E-state index in [4.69, 9.17) is 9.84 Å². The Morgan fingerprint density at radius 2 is 2.00 bits per heavy atom. The number of aliphatic carboxylic acids is 1. The van der Waals surface area contributed by atoms with Gasteiger partial charge in [-0.05, 0) is 12.1 Å². The SMILES string of the molecule is O=C(O)C1CN(C(=O)Nc2ccc(F)c(F)c2F)CCO1. The second kappa shape index (κ2) is 6.00. The monoisotopic (exact) mass is 304 g/mol. The van der Waals surface area contributed by atoms with Gasteiger partial charge in [-0.3, -0.25) is 0 Å². The molecule has 1 aromatic carbocycles. The van der Waals surface area contributed by atoms with E-state index in [1.54, 1.807) is 0 Å². The maximum absolute atomic E-state index is 13.4. The van der Waals surface area contributed by atoms with Crippen LogP contribution in [0.1, 0.15) is 0 Å². The lowest BCUT2D eigenvalue weighted by Crippen LogP contribution is -2.50. The first-order valence-corrected chi connectivity index (χ1v) is 5.94. The van der Waals surface area contributed by atoms with E-state index < -0.39 is 41.2 Å². The standard InChI is InChI=1S/C12H11F3N2O4/c13-6-1-2-7(10(15)9(6)14)16-12(20)17-3-4-21-8(5-17)11(18)19/h1-2,8H,3-5H2,(H,16,20)(H,18,19). The number of ether oxygens (including phenoxy) is 1. The second-order valence-electron chi connectivity index (χ2n) is 4.30. The van der Waals surface area contributed by atoms with Gasteiger partial charge in [0.2, 0.25) is 0 Å². The molecule has 1 aliphatic heterocycles. The van der Waals surface area contributed by atoms with E-state index in [1.807, 2.05) is 0 Å². The summed E-state index contributed by atoms with van der Waals surface area (Å²) in [4.78, 5) is 23.7. The summed E-state index contributed by atoms with van der Waals surface area (Å²) in [6, 6.07) is 0.725. The summed E-state index contributed by atoms with van der Waals surface area (Å²) >= 11 is 0. The molecule has 114 valence electrons. The van der Waals surface area contributed by atoms with Crippen molar-refractivity contribution in [3.8, 4) is 0 Å². The molecule has 1 saturated heterocycles. The summed E-state index contributed by atoms with van der Waals surface area (Å²) in [5, 5.41) is 10.9. The Labute approximate surface area is 117 Å². The van der Waals surface area contributed by atoms with Crippen LogP contribution in [0, 0.1) is 17.5 Å². The molecular formula is C12H11F3N2O4. The van der Waals surface area contributed by atoms with Gasteiger partial charge >= 0.3 is 12.0 Å². The smallest absolute Gasteiger partial charge is 0.334 e. The lowest BCUT2D eigenvalue weighted by molar-refractivity contribution is -0.154. The first-order valence-electron chi connectivity index (χ1n) is 5.94. The van der Waals surface area contributed by atoms with Crippen molar-refractivity contribution in [1.29, 1.82) is 0 Å². The Kier molecular flexibility index (Phi) is 4.32. The van der Waals surface area contributed by atoms with E-state index in [1.165, 1.54) is 0 Å². The molecule has 0 radical (unpaired) electrons. The summed E-state index contributed by atoms with van der Waals surface area (Å²) < 4.78 is 44.2. The summed E-state index contributed by atoms with van der Waals surface area (Å²) in [5.41, 5.74) is -0.530. The van der Waals surface area contributed by atoms with Crippen LogP contribution in [-0.2, 0) is 9.53 Å². The molecule has 2 N–H and O–H groups in total. The van der Waals surface area contributed by atoms with Crippen molar-refractivity contribution < 1.29 is 32.6 Å². The molecule has 1 atom stereocenters. The van der Waals surface area contributed by atoms with E-state index in [0.717, 1.165) is 11.0 Å².